The summed E-state index contributed by atoms with van der Waals surface area (Å²) in [6.07, 6.45) is 1.36. The molecule has 1 aliphatic rings. The van der Waals surface area contributed by atoms with E-state index in [4.69, 9.17) is 4.74 Å². The molecular weight excluding hydrogens is 254 g/mol. The van der Waals surface area contributed by atoms with E-state index in [1.807, 2.05) is 28.9 Å². The fourth-order valence-corrected chi connectivity index (χ4v) is 2.50. The third kappa shape index (κ3) is 2.31. The van der Waals surface area contributed by atoms with E-state index in [9.17, 15) is 4.79 Å². The molecule has 5 nitrogen and oxygen atoms in total. The van der Waals surface area contributed by atoms with E-state index >= 15 is 0 Å². The van der Waals surface area contributed by atoms with E-state index in [1.165, 1.54) is 12.7 Å². The van der Waals surface area contributed by atoms with E-state index in [0.29, 0.717) is 13.0 Å². The maximum atomic E-state index is 11.6. The maximum Gasteiger partial charge on any atom is 0.309 e. The predicted octanol–water partition coefficient (Wildman–Crippen LogP) is 1.99. The number of rotatable bonds is 2. The van der Waals surface area contributed by atoms with Crippen molar-refractivity contribution < 1.29 is 9.53 Å². The van der Waals surface area contributed by atoms with Gasteiger partial charge in [0, 0.05) is 18.5 Å². The first-order valence-electron chi connectivity index (χ1n) is 6.76. The van der Waals surface area contributed by atoms with Crippen molar-refractivity contribution in [2.45, 2.75) is 26.3 Å². The van der Waals surface area contributed by atoms with Gasteiger partial charge >= 0.3 is 5.97 Å². The summed E-state index contributed by atoms with van der Waals surface area (Å²) in [5.41, 5.74) is 2.22. The number of methoxy groups -OCH3 is 1. The maximum absolute atomic E-state index is 11.6. The standard InChI is InChI=1S/C15H17N3O2/c1-10-3-5-11(6-4-10)14-16-13-9-12(15(19)20-2)7-8-18(13)17-14/h3-6,12H,7-9H2,1-2H3. The number of fused-ring (bicyclic) bond motifs is 1. The minimum Gasteiger partial charge on any atom is -0.469 e. The van der Waals surface area contributed by atoms with Crippen LogP contribution in [0.3, 0.4) is 0 Å². The van der Waals surface area contributed by atoms with Gasteiger partial charge in [-0.3, -0.25) is 4.79 Å². The normalized spacial score (nSPS) is 17.6. The third-order valence-electron chi connectivity index (χ3n) is 3.71. The molecule has 1 aliphatic heterocycles. The van der Waals surface area contributed by atoms with Gasteiger partial charge in [0.15, 0.2) is 5.82 Å². The average Bonchev–Trinajstić information content (AvgIpc) is 2.90. The quantitative estimate of drug-likeness (QED) is 0.784. The molecule has 3 rings (SSSR count). The van der Waals surface area contributed by atoms with Crippen LogP contribution in [0, 0.1) is 12.8 Å². The molecule has 0 aliphatic carbocycles. The second-order valence-electron chi connectivity index (χ2n) is 5.15. The molecule has 0 bridgehead atoms. The molecule has 1 atom stereocenters. The van der Waals surface area contributed by atoms with Crippen LogP contribution in [0.1, 0.15) is 17.8 Å². The van der Waals surface area contributed by atoms with Crippen LogP contribution in [-0.2, 0) is 22.5 Å². The van der Waals surface area contributed by atoms with Gasteiger partial charge in [-0.1, -0.05) is 29.8 Å². The molecule has 0 radical (unpaired) electrons. The highest BCUT2D eigenvalue weighted by Gasteiger charge is 2.27. The van der Waals surface area contributed by atoms with Crippen LogP contribution in [0.4, 0.5) is 0 Å². The van der Waals surface area contributed by atoms with Crippen molar-refractivity contribution >= 4 is 5.97 Å². The fourth-order valence-electron chi connectivity index (χ4n) is 2.50. The van der Waals surface area contributed by atoms with Crippen LogP contribution >= 0.6 is 0 Å². The van der Waals surface area contributed by atoms with Gasteiger partial charge in [0.25, 0.3) is 0 Å². The average molecular weight is 271 g/mol. The number of hydrogen-bond acceptors (Lipinski definition) is 4. The van der Waals surface area contributed by atoms with Gasteiger partial charge in [0.05, 0.1) is 13.0 Å². The Bertz CT molecular complexity index is 631. The molecule has 1 unspecified atom stereocenters. The molecule has 0 amide bonds. The zero-order valence-corrected chi connectivity index (χ0v) is 11.7. The van der Waals surface area contributed by atoms with Gasteiger partial charge < -0.3 is 4.74 Å². The van der Waals surface area contributed by atoms with Crippen LogP contribution in [-0.4, -0.2) is 27.8 Å². The smallest absolute Gasteiger partial charge is 0.309 e. The molecule has 0 spiro atoms. The summed E-state index contributed by atoms with van der Waals surface area (Å²) in [5.74, 6) is 1.34. The van der Waals surface area contributed by atoms with Crippen molar-refractivity contribution in [3.8, 4) is 11.4 Å². The lowest BCUT2D eigenvalue weighted by atomic mass is 9.98. The van der Waals surface area contributed by atoms with E-state index < -0.39 is 0 Å². The number of esters is 1. The van der Waals surface area contributed by atoms with Crippen LogP contribution in [0.15, 0.2) is 24.3 Å². The minimum atomic E-state index is -0.156. The molecule has 1 aromatic carbocycles. The van der Waals surface area contributed by atoms with Crippen molar-refractivity contribution in [1.29, 1.82) is 0 Å². The molecule has 0 saturated carbocycles. The van der Waals surface area contributed by atoms with Crippen molar-refractivity contribution in [3.63, 3.8) is 0 Å². The molecule has 5 heteroatoms. The monoisotopic (exact) mass is 271 g/mol. The van der Waals surface area contributed by atoms with Crippen molar-refractivity contribution in [2.75, 3.05) is 7.11 Å². The van der Waals surface area contributed by atoms with Gasteiger partial charge in [-0.05, 0) is 13.3 Å². The number of hydrogen-bond donors (Lipinski definition) is 0. The molecule has 0 saturated heterocycles. The molecule has 20 heavy (non-hydrogen) atoms. The lowest BCUT2D eigenvalue weighted by Crippen LogP contribution is -2.27. The van der Waals surface area contributed by atoms with Crippen LogP contribution in [0.2, 0.25) is 0 Å². The molecule has 2 heterocycles. The molecule has 104 valence electrons. The minimum absolute atomic E-state index is 0.0948. The highest BCUT2D eigenvalue weighted by Crippen LogP contribution is 2.23. The Morgan fingerprint density at radius 2 is 2.10 bits per heavy atom. The van der Waals surface area contributed by atoms with Crippen molar-refractivity contribution in [1.82, 2.24) is 14.8 Å². The summed E-state index contributed by atoms with van der Waals surface area (Å²) in [6.45, 7) is 2.77. The van der Waals surface area contributed by atoms with Gasteiger partial charge in [-0.15, -0.1) is 0 Å². The first-order valence-corrected chi connectivity index (χ1v) is 6.76. The molecule has 0 N–H and O–H groups in total. The third-order valence-corrected chi connectivity index (χ3v) is 3.71. The Hall–Kier alpha value is -2.17. The number of ether oxygens (including phenoxy) is 1. The lowest BCUT2D eigenvalue weighted by Gasteiger charge is -2.19. The lowest BCUT2D eigenvalue weighted by molar-refractivity contribution is -0.146. The fraction of sp³-hybridized carbons (Fsp3) is 0.400. The summed E-state index contributed by atoms with van der Waals surface area (Å²) in [5, 5.41) is 4.52. The summed E-state index contributed by atoms with van der Waals surface area (Å²) >= 11 is 0. The first kappa shape index (κ1) is 12.8. The number of aromatic nitrogens is 3. The molecule has 2 aromatic rings. The highest BCUT2D eigenvalue weighted by atomic mass is 16.5. The van der Waals surface area contributed by atoms with E-state index in [-0.39, 0.29) is 11.9 Å². The summed E-state index contributed by atoms with van der Waals surface area (Å²) in [6, 6.07) is 8.14. The topological polar surface area (TPSA) is 57.0 Å². The first-order chi connectivity index (χ1) is 9.67. The Labute approximate surface area is 117 Å². The van der Waals surface area contributed by atoms with Crippen molar-refractivity contribution in [3.05, 3.63) is 35.7 Å². The number of benzene rings is 1. The predicted molar refractivity (Wildman–Crippen MR) is 74.0 cm³/mol. The zero-order chi connectivity index (χ0) is 14.1. The second kappa shape index (κ2) is 5.07. The number of carbonyl (C=O) groups is 1. The Morgan fingerprint density at radius 3 is 2.80 bits per heavy atom. The second-order valence-corrected chi connectivity index (χ2v) is 5.15. The van der Waals surface area contributed by atoms with E-state index in [1.54, 1.807) is 0 Å². The molecule has 1 aromatic heterocycles. The SMILES string of the molecule is COC(=O)C1CCn2nc(-c3ccc(C)cc3)nc2C1. The zero-order valence-electron chi connectivity index (χ0n) is 11.7. The summed E-state index contributed by atoms with van der Waals surface area (Å²) < 4.78 is 6.71. The number of aryl methyl sites for hydroxylation is 2. The Balaban J connectivity index is 1.86. The summed E-state index contributed by atoms with van der Waals surface area (Å²) in [4.78, 5) is 16.2. The molecule has 0 fully saturated rings. The Kier molecular flexibility index (Phi) is 3.26. The summed E-state index contributed by atoms with van der Waals surface area (Å²) in [7, 11) is 1.43. The van der Waals surface area contributed by atoms with Gasteiger partial charge in [-0.25, -0.2) is 9.67 Å². The van der Waals surface area contributed by atoms with Crippen molar-refractivity contribution in [2.24, 2.45) is 5.92 Å². The van der Waals surface area contributed by atoms with E-state index in [0.717, 1.165) is 23.6 Å². The highest BCUT2D eigenvalue weighted by molar-refractivity contribution is 5.72. The van der Waals surface area contributed by atoms with E-state index in [2.05, 4.69) is 17.0 Å². The van der Waals surface area contributed by atoms with Crippen LogP contribution < -0.4 is 0 Å². The Morgan fingerprint density at radius 1 is 1.35 bits per heavy atom. The van der Waals surface area contributed by atoms with Crippen LogP contribution in [0.25, 0.3) is 11.4 Å². The largest absolute Gasteiger partial charge is 0.469 e. The number of nitrogens with zero attached hydrogens (tertiary/aromatic N) is 3. The number of carbonyl (C=O) groups excluding carboxylic acids is 1. The van der Waals surface area contributed by atoms with Gasteiger partial charge in [-0.2, -0.15) is 5.10 Å². The van der Waals surface area contributed by atoms with Crippen LogP contribution in [0.5, 0.6) is 0 Å². The molecular formula is C15H17N3O2. The van der Waals surface area contributed by atoms with Gasteiger partial charge in [0.1, 0.15) is 5.82 Å². The van der Waals surface area contributed by atoms with Gasteiger partial charge in [0.2, 0.25) is 0 Å².